The van der Waals surface area contributed by atoms with Crippen LogP contribution in [0.5, 0.6) is 5.75 Å². The van der Waals surface area contributed by atoms with Crippen LogP contribution in [0.3, 0.4) is 0 Å². The Morgan fingerprint density at radius 2 is 2.00 bits per heavy atom. The molecule has 47 heavy (non-hydrogen) atoms. The van der Waals surface area contributed by atoms with Crippen LogP contribution in [-0.2, 0) is 40.8 Å². The van der Waals surface area contributed by atoms with E-state index in [-0.39, 0.29) is 23.0 Å². The highest BCUT2D eigenvalue weighted by molar-refractivity contribution is 7.92. The third-order valence-electron chi connectivity index (χ3n) is 10.3. The van der Waals surface area contributed by atoms with E-state index in [0.29, 0.717) is 30.7 Å². The predicted octanol–water partition coefficient (Wildman–Crippen LogP) is 6.26. The fraction of sp³-hybridized carbons (Fsp3) is 0.556. The molecule has 2 heterocycles. The molecule has 11 heteroatoms. The number of hydrogen-bond donors (Lipinski definition) is 1. The highest BCUT2D eigenvalue weighted by Gasteiger charge is 2.44. The zero-order chi connectivity index (χ0) is 33.6. The van der Waals surface area contributed by atoms with Crippen molar-refractivity contribution in [3.63, 3.8) is 0 Å². The SMILES string of the molecule is CO[C@H]1C=CCOC(C)(C)C(=O)N=[S@](=O)(NC(=O)C(C)C)c2ccc3c(c2)N(C[C@@H]2CC[C@H]21)C[C@@]1(CCCc2cc(Cl)ccc21)CO3. The number of fused-ring (bicyclic) bond motifs is 4. The van der Waals surface area contributed by atoms with Gasteiger partial charge in [-0.1, -0.05) is 43.7 Å². The van der Waals surface area contributed by atoms with Crippen molar-refractivity contribution < 1.29 is 28.0 Å². The lowest BCUT2D eigenvalue weighted by Crippen LogP contribution is -2.49. The molecular weight excluding hydrogens is 638 g/mol. The molecule has 2 aromatic rings. The molecule has 0 aromatic heterocycles. The Hall–Kier alpha value is -2.92. The minimum absolute atomic E-state index is 0.0979. The lowest BCUT2D eigenvalue weighted by atomic mass is 9.68. The van der Waals surface area contributed by atoms with Crippen molar-refractivity contribution >= 4 is 39.0 Å². The van der Waals surface area contributed by atoms with Crippen molar-refractivity contribution in [2.45, 2.75) is 81.8 Å². The molecule has 1 spiro atoms. The summed E-state index contributed by atoms with van der Waals surface area (Å²) in [5.74, 6) is -0.366. The molecule has 0 saturated heterocycles. The topological polar surface area (TPSA) is 107 Å². The Labute approximate surface area is 283 Å². The quantitative estimate of drug-likeness (QED) is 0.381. The third-order valence-corrected chi connectivity index (χ3v) is 12.3. The zero-order valence-corrected chi connectivity index (χ0v) is 29.5. The van der Waals surface area contributed by atoms with Gasteiger partial charge in [-0.3, -0.25) is 14.3 Å². The molecule has 2 aliphatic heterocycles. The van der Waals surface area contributed by atoms with Crippen LogP contribution in [0.1, 0.15) is 64.5 Å². The number of halogens is 1. The van der Waals surface area contributed by atoms with Gasteiger partial charge in [0.15, 0.2) is 9.92 Å². The molecule has 2 aromatic carbocycles. The summed E-state index contributed by atoms with van der Waals surface area (Å²) in [5.41, 5.74) is 1.60. The summed E-state index contributed by atoms with van der Waals surface area (Å²) in [6, 6.07) is 11.4. The Balaban J connectivity index is 1.51. The number of hydrogen-bond acceptors (Lipinski definition) is 7. The minimum Gasteiger partial charge on any atom is -0.490 e. The maximum Gasteiger partial charge on any atom is 0.287 e. The standard InChI is InChI=1S/C36H46ClN3O6S/c1-23(2)33(41)38-47(43)27-12-15-32-30(19-27)40(21-36(22-45-32)16-6-8-24-18-26(37)11-14-29(24)36)20-25-10-13-28(25)31(44-5)9-7-17-46-35(3,4)34(42)39-47/h7,9,11-12,14-15,18-19,23,25,28,31H,6,8,10,13,16-17,20-22H2,1-5H3,(H,38,39,41,42,43)/t25-,28+,31-,36-,47+/m0/s1. The molecule has 2 bridgehead atoms. The van der Waals surface area contributed by atoms with Gasteiger partial charge in [0, 0.05) is 36.6 Å². The first kappa shape index (κ1) is 34.0. The van der Waals surface area contributed by atoms with Gasteiger partial charge in [-0.2, -0.15) is 0 Å². The van der Waals surface area contributed by atoms with Crippen LogP contribution in [0.4, 0.5) is 5.69 Å². The summed E-state index contributed by atoms with van der Waals surface area (Å²) in [7, 11) is -2.01. The largest absolute Gasteiger partial charge is 0.490 e. The molecule has 2 aliphatic carbocycles. The van der Waals surface area contributed by atoms with E-state index in [4.69, 9.17) is 25.8 Å². The van der Waals surface area contributed by atoms with Crippen LogP contribution < -0.4 is 14.4 Å². The molecule has 1 saturated carbocycles. The van der Waals surface area contributed by atoms with Crippen molar-refractivity contribution in [2.75, 3.05) is 38.3 Å². The van der Waals surface area contributed by atoms with E-state index in [0.717, 1.165) is 49.4 Å². The molecule has 6 rings (SSSR count). The molecule has 4 aliphatic rings. The Bertz CT molecular complexity index is 1700. The van der Waals surface area contributed by atoms with E-state index >= 15 is 0 Å². The second kappa shape index (κ2) is 13.2. The number of aryl methyl sites for hydroxylation is 1. The van der Waals surface area contributed by atoms with Gasteiger partial charge < -0.3 is 19.1 Å². The summed E-state index contributed by atoms with van der Waals surface area (Å²) in [6.45, 7) is 8.66. The molecule has 9 nitrogen and oxygen atoms in total. The number of carbonyl (C=O) groups excluding carboxylic acids is 2. The number of methoxy groups -OCH3 is 1. The molecule has 5 atom stereocenters. The van der Waals surface area contributed by atoms with Crippen molar-refractivity contribution in [3.8, 4) is 5.75 Å². The number of nitrogens with one attached hydrogen (secondary N) is 1. The number of nitrogens with zero attached hydrogens (tertiary/aromatic N) is 2. The first-order valence-electron chi connectivity index (χ1n) is 16.6. The molecule has 0 unspecified atom stereocenters. The summed E-state index contributed by atoms with van der Waals surface area (Å²) >= 11 is 6.45. The van der Waals surface area contributed by atoms with E-state index in [1.54, 1.807) is 53.0 Å². The first-order chi connectivity index (χ1) is 22.3. The Kier molecular flexibility index (Phi) is 9.52. The third kappa shape index (κ3) is 6.71. The van der Waals surface area contributed by atoms with Crippen molar-refractivity contribution in [1.29, 1.82) is 0 Å². The van der Waals surface area contributed by atoms with Crippen LogP contribution in [0, 0.1) is 17.8 Å². The van der Waals surface area contributed by atoms with Crippen LogP contribution >= 0.6 is 11.6 Å². The molecule has 254 valence electrons. The number of anilines is 1. The summed E-state index contributed by atoms with van der Waals surface area (Å²) in [4.78, 5) is 29.2. The zero-order valence-electron chi connectivity index (χ0n) is 27.9. The van der Waals surface area contributed by atoms with E-state index in [9.17, 15) is 13.8 Å². The van der Waals surface area contributed by atoms with E-state index in [1.165, 1.54) is 11.1 Å². The van der Waals surface area contributed by atoms with Gasteiger partial charge in [0.1, 0.15) is 11.4 Å². The van der Waals surface area contributed by atoms with Crippen LogP contribution in [0.15, 0.2) is 57.8 Å². The second-order valence-electron chi connectivity index (χ2n) is 14.2. The fourth-order valence-corrected chi connectivity index (χ4v) is 9.27. The van der Waals surface area contributed by atoms with Crippen LogP contribution in [0.2, 0.25) is 5.02 Å². The normalized spacial score (nSPS) is 30.3. The van der Waals surface area contributed by atoms with Crippen molar-refractivity contribution in [1.82, 2.24) is 4.72 Å². The average Bonchev–Trinajstić information content (AvgIpc) is 3.16. The highest BCUT2D eigenvalue weighted by Crippen LogP contribution is 2.47. The van der Waals surface area contributed by atoms with Gasteiger partial charge in [-0.25, -0.2) is 4.21 Å². The maximum atomic E-state index is 14.8. The number of ether oxygens (including phenoxy) is 3. The Morgan fingerprint density at radius 3 is 2.72 bits per heavy atom. The van der Waals surface area contributed by atoms with E-state index in [1.807, 2.05) is 18.2 Å². The number of amides is 2. The van der Waals surface area contributed by atoms with Gasteiger partial charge in [0.2, 0.25) is 5.91 Å². The Morgan fingerprint density at radius 1 is 1.19 bits per heavy atom. The van der Waals surface area contributed by atoms with Crippen LogP contribution in [0.25, 0.3) is 0 Å². The maximum absolute atomic E-state index is 14.8. The predicted molar refractivity (Wildman–Crippen MR) is 183 cm³/mol. The van der Waals surface area contributed by atoms with Gasteiger partial charge in [0.05, 0.1) is 29.9 Å². The summed E-state index contributed by atoms with van der Waals surface area (Å²) in [6.07, 6.45) is 8.83. The second-order valence-corrected chi connectivity index (χ2v) is 16.6. The van der Waals surface area contributed by atoms with Gasteiger partial charge in [-0.15, -0.1) is 4.36 Å². The highest BCUT2D eigenvalue weighted by atomic mass is 35.5. The minimum atomic E-state index is -3.74. The molecule has 1 fully saturated rings. The van der Waals surface area contributed by atoms with Gasteiger partial charge in [-0.05, 0) is 99.2 Å². The van der Waals surface area contributed by atoms with Crippen LogP contribution in [-0.4, -0.2) is 61.1 Å². The number of rotatable bonds is 3. The number of carbonyl (C=O) groups is 2. The molecular formula is C36H46ClN3O6S. The van der Waals surface area contributed by atoms with E-state index in [2.05, 4.69) is 26.1 Å². The van der Waals surface area contributed by atoms with E-state index < -0.39 is 33.2 Å². The smallest absolute Gasteiger partial charge is 0.287 e. The molecule has 0 radical (unpaired) electrons. The first-order valence-corrected chi connectivity index (χ1v) is 18.5. The average molecular weight is 684 g/mol. The number of benzene rings is 2. The van der Waals surface area contributed by atoms with Crippen molar-refractivity contribution in [2.24, 2.45) is 22.1 Å². The lowest BCUT2D eigenvalue weighted by Gasteiger charge is -2.46. The van der Waals surface area contributed by atoms with Gasteiger partial charge in [0.25, 0.3) is 5.91 Å². The molecule has 2 amide bonds. The summed E-state index contributed by atoms with van der Waals surface area (Å²) in [5, 5.41) is 0.731. The monoisotopic (exact) mass is 683 g/mol. The fourth-order valence-electron chi connectivity index (χ4n) is 7.32. The summed E-state index contributed by atoms with van der Waals surface area (Å²) < 4.78 is 40.1. The van der Waals surface area contributed by atoms with Gasteiger partial charge >= 0.3 is 0 Å². The van der Waals surface area contributed by atoms with Crippen molar-refractivity contribution in [3.05, 3.63) is 64.7 Å². The molecule has 1 N–H and O–H groups in total. The lowest BCUT2D eigenvalue weighted by molar-refractivity contribution is -0.137.